The Morgan fingerprint density at radius 3 is 2.67 bits per heavy atom. The second kappa shape index (κ2) is 4.35. The van der Waals surface area contributed by atoms with Gasteiger partial charge in [-0.05, 0) is 0 Å². The molecule has 4 nitrogen and oxygen atoms in total. The fourth-order valence-electron chi connectivity index (χ4n) is 0.883. The van der Waals surface area contributed by atoms with Crippen molar-refractivity contribution in [3.63, 3.8) is 0 Å². The predicted molar refractivity (Wildman–Crippen MR) is 46.2 cm³/mol. The molecular formula is C8H9F3N2O2. The van der Waals surface area contributed by atoms with Gasteiger partial charge in [0.2, 0.25) is 0 Å². The lowest BCUT2D eigenvalue weighted by atomic mass is 10.3. The minimum atomic E-state index is -4.54. The number of aliphatic hydroxyl groups excluding tert-OH is 1. The van der Waals surface area contributed by atoms with Gasteiger partial charge in [0.1, 0.15) is 18.1 Å². The number of nitrogen functional groups attached to an aromatic ring is 1. The van der Waals surface area contributed by atoms with E-state index in [2.05, 4.69) is 4.98 Å². The number of aromatic nitrogens is 1. The van der Waals surface area contributed by atoms with Crippen LogP contribution < -0.4 is 10.5 Å². The van der Waals surface area contributed by atoms with E-state index in [1.54, 1.807) is 0 Å². The fourth-order valence-corrected chi connectivity index (χ4v) is 0.883. The lowest BCUT2D eigenvalue weighted by molar-refractivity contribution is -0.141. The first-order chi connectivity index (χ1) is 6.95. The molecule has 0 amide bonds. The van der Waals surface area contributed by atoms with Crippen molar-refractivity contribution < 1.29 is 23.0 Å². The van der Waals surface area contributed by atoms with Gasteiger partial charge in [0.15, 0.2) is 0 Å². The highest BCUT2D eigenvalue weighted by atomic mass is 19.4. The molecular weight excluding hydrogens is 213 g/mol. The van der Waals surface area contributed by atoms with Crippen molar-refractivity contribution in [2.75, 3.05) is 18.9 Å². The Morgan fingerprint density at radius 2 is 2.13 bits per heavy atom. The largest absolute Gasteiger partial charge is 0.489 e. The van der Waals surface area contributed by atoms with Crippen LogP contribution in [0.4, 0.5) is 18.9 Å². The zero-order valence-corrected chi connectivity index (χ0v) is 7.58. The molecule has 0 aliphatic carbocycles. The highest BCUT2D eigenvalue weighted by molar-refractivity contribution is 5.51. The molecule has 1 aromatic rings. The maximum atomic E-state index is 12.2. The lowest BCUT2D eigenvalue weighted by Crippen LogP contribution is -2.10. The summed E-state index contributed by atoms with van der Waals surface area (Å²) in [5.74, 6) is -0.133. The molecule has 0 saturated carbocycles. The molecule has 0 fully saturated rings. The summed E-state index contributed by atoms with van der Waals surface area (Å²) >= 11 is 0. The van der Waals surface area contributed by atoms with E-state index in [0.717, 1.165) is 6.20 Å². The van der Waals surface area contributed by atoms with Crippen molar-refractivity contribution in [1.82, 2.24) is 4.98 Å². The highest BCUT2D eigenvalue weighted by Crippen LogP contribution is 2.31. The molecule has 0 bridgehead atoms. The van der Waals surface area contributed by atoms with Crippen LogP contribution in [0.15, 0.2) is 12.3 Å². The zero-order valence-electron chi connectivity index (χ0n) is 7.58. The van der Waals surface area contributed by atoms with Gasteiger partial charge < -0.3 is 15.6 Å². The first kappa shape index (κ1) is 11.6. The quantitative estimate of drug-likeness (QED) is 0.802. The number of nitrogens with two attached hydrogens (primary N) is 1. The number of nitrogens with zero attached hydrogens (tertiary/aromatic N) is 1. The molecule has 0 spiro atoms. The summed E-state index contributed by atoms with van der Waals surface area (Å²) in [6.07, 6.45) is -3.67. The van der Waals surface area contributed by atoms with Gasteiger partial charge in [0.25, 0.3) is 0 Å². The minimum absolute atomic E-state index is 0.00329. The van der Waals surface area contributed by atoms with Gasteiger partial charge >= 0.3 is 6.18 Å². The van der Waals surface area contributed by atoms with Gasteiger partial charge in [-0.1, -0.05) is 0 Å². The van der Waals surface area contributed by atoms with E-state index in [0.29, 0.717) is 6.07 Å². The minimum Gasteiger partial charge on any atom is -0.489 e. The Labute approximate surface area is 83.5 Å². The molecule has 15 heavy (non-hydrogen) atoms. The van der Waals surface area contributed by atoms with E-state index in [4.69, 9.17) is 15.6 Å². The van der Waals surface area contributed by atoms with Gasteiger partial charge in [-0.15, -0.1) is 0 Å². The fraction of sp³-hybridized carbons (Fsp3) is 0.375. The molecule has 0 unspecified atom stereocenters. The Balaban J connectivity index is 2.95. The molecule has 1 aromatic heterocycles. The Morgan fingerprint density at radius 1 is 1.47 bits per heavy atom. The van der Waals surface area contributed by atoms with Crippen LogP contribution in [0.1, 0.15) is 5.69 Å². The Kier molecular flexibility index (Phi) is 3.35. The van der Waals surface area contributed by atoms with Gasteiger partial charge in [-0.2, -0.15) is 13.2 Å². The molecule has 7 heteroatoms. The molecule has 0 aliphatic rings. The number of anilines is 1. The molecule has 3 N–H and O–H groups in total. The van der Waals surface area contributed by atoms with Gasteiger partial charge in [-0.25, -0.2) is 4.98 Å². The van der Waals surface area contributed by atoms with Gasteiger partial charge in [0.05, 0.1) is 18.5 Å². The second-order valence-electron chi connectivity index (χ2n) is 2.68. The maximum Gasteiger partial charge on any atom is 0.433 e. The van der Waals surface area contributed by atoms with Crippen LogP contribution >= 0.6 is 0 Å². The van der Waals surface area contributed by atoms with E-state index in [1.165, 1.54) is 0 Å². The van der Waals surface area contributed by atoms with E-state index < -0.39 is 11.9 Å². The van der Waals surface area contributed by atoms with E-state index in [9.17, 15) is 13.2 Å². The topological polar surface area (TPSA) is 68.4 Å². The summed E-state index contributed by atoms with van der Waals surface area (Å²) in [4.78, 5) is 3.13. The average molecular weight is 222 g/mol. The normalized spacial score (nSPS) is 11.5. The van der Waals surface area contributed by atoms with E-state index in [1.807, 2.05) is 0 Å². The lowest BCUT2D eigenvalue weighted by Gasteiger charge is -2.10. The van der Waals surface area contributed by atoms with Crippen molar-refractivity contribution in [3.05, 3.63) is 18.0 Å². The van der Waals surface area contributed by atoms with Crippen molar-refractivity contribution in [1.29, 1.82) is 0 Å². The number of hydrogen-bond acceptors (Lipinski definition) is 4. The van der Waals surface area contributed by atoms with Crippen LogP contribution in [-0.4, -0.2) is 23.3 Å². The summed E-state index contributed by atoms with van der Waals surface area (Å²) in [7, 11) is 0. The molecule has 0 atom stereocenters. The maximum absolute atomic E-state index is 12.2. The summed E-state index contributed by atoms with van der Waals surface area (Å²) in [5, 5.41) is 8.44. The first-order valence-corrected chi connectivity index (χ1v) is 4.01. The number of ether oxygens (including phenoxy) is 1. The SMILES string of the molecule is Nc1cnc(C(F)(F)F)cc1OCCO. The monoisotopic (exact) mass is 222 g/mol. The Bertz CT molecular complexity index is 341. The van der Waals surface area contributed by atoms with Gasteiger partial charge in [0, 0.05) is 6.07 Å². The van der Waals surface area contributed by atoms with Crippen LogP contribution in [0.2, 0.25) is 0 Å². The third-order valence-electron chi connectivity index (χ3n) is 1.53. The van der Waals surface area contributed by atoms with Crippen molar-refractivity contribution in [2.45, 2.75) is 6.18 Å². The van der Waals surface area contributed by atoms with E-state index in [-0.39, 0.29) is 24.7 Å². The van der Waals surface area contributed by atoms with Crippen LogP contribution in [-0.2, 0) is 6.18 Å². The summed E-state index contributed by atoms with van der Waals surface area (Å²) in [6, 6.07) is 0.699. The Hall–Kier alpha value is -1.50. The third-order valence-corrected chi connectivity index (χ3v) is 1.53. The third kappa shape index (κ3) is 2.98. The molecule has 0 aliphatic heterocycles. The molecule has 1 heterocycles. The standard InChI is InChI=1S/C8H9F3N2O2/c9-8(10,11)7-3-6(15-2-1-14)5(12)4-13-7/h3-4,14H,1-2,12H2. The number of alkyl halides is 3. The van der Waals surface area contributed by atoms with Gasteiger partial charge in [-0.3, -0.25) is 0 Å². The average Bonchev–Trinajstić information content (AvgIpc) is 2.15. The summed E-state index contributed by atoms with van der Waals surface area (Å²) in [5.41, 5.74) is 4.25. The number of pyridine rings is 1. The highest BCUT2D eigenvalue weighted by Gasteiger charge is 2.33. The van der Waals surface area contributed by atoms with E-state index >= 15 is 0 Å². The first-order valence-electron chi connectivity index (χ1n) is 4.01. The number of halogens is 3. The second-order valence-corrected chi connectivity index (χ2v) is 2.68. The zero-order chi connectivity index (χ0) is 11.5. The predicted octanol–water partition coefficient (Wildman–Crippen LogP) is 1.05. The summed E-state index contributed by atoms with van der Waals surface area (Å²) < 4.78 is 41.4. The van der Waals surface area contributed by atoms with Crippen molar-refractivity contribution in [2.24, 2.45) is 0 Å². The van der Waals surface area contributed by atoms with Crippen LogP contribution in [0, 0.1) is 0 Å². The number of rotatable bonds is 3. The molecule has 0 radical (unpaired) electrons. The summed E-state index contributed by atoms with van der Waals surface area (Å²) in [6.45, 7) is -0.422. The molecule has 0 aromatic carbocycles. The van der Waals surface area contributed by atoms with Crippen LogP contribution in [0.25, 0.3) is 0 Å². The molecule has 84 valence electrons. The molecule has 0 saturated heterocycles. The smallest absolute Gasteiger partial charge is 0.433 e. The van der Waals surface area contributed by atoms with Crippen LogP contribution in [0.3, 0.4) is 0 Å². The van der Waals surface area contributed by atoms with Crippen LogP contribution in [0.5, 0.6) is 5.75 Å². The number of aliphatic hydroxyl groups is 1. The van der Waals surface area contributed by atoms with Crippen molar-refractivity contribution in [3.8, 4) is 5.75 Å². The molecule has 1 rings (SSSR count). The van der Waals surface area contributed by atoms with Crippen molar-refractivity contribution >= 4 is 5.69 Å². The number of hydrogen-bond donors (Lipinski definition) is 2.